The van der Waals surface area contributed by atoms with Crippen LogP contribution in [0.2, 0.25) is 0 Å². The normalized spacial score (nSPS) is 11.8. The van der Waals surface area contributed by atoms with Crippen molar-refractivity contribution >= 4 is 11.8 Å². The van der Waals surface area contributed by atoms with E-state index in [2.05, 4.69) is 5.32 Å². The van der Waals surface area contributed by atoms with Gasteiger partial charge in [-0.1, -0.05) is 12.1 Å². The maximum atomic E-state index is 12.2. The second-order valence-corrected chi connectivity index (χ2v) is 5.85. The van der Waals surface area contributed by atoms with Crippen molar-refractivity contribution in [2.24, 2.45) is 0 Å². The van der Waals surface area contributed by atoms with Crippen molar-refractivity contribution in [3.8, 4) is 17.2 Å². The Morgan fingerprint density at radius 2 is 1.85 bits per heavy atom. The summed E-state index contributed by atoms with van der Waals surface area (Å²) in [6, 6.07) is 12.4. The molecule has 1 N–H and O–H groups in total. The largest absolute Gasteiger partial charge is 0.497 e. The fraction of sp³-hybridized carbons (Fsp3) is 0.263. The Morgan fingerprint density at radius 1 is 1.12 bits per heavy atom. The Morgan fingerprint density at radius 3 is 2.58 bits per heavy atom. The van der Waals surface area contributed by atoms with Crippen LogP contribution in [0.4, 0.5) is 0 Å². The van der Waals surface area contributed by atoms with E-state index in [0.717, 1.165) is 11.3 Å². The van der Waals surface area contributed by atoms with E-state index in [4.69, 9.17) is 14.2 Å². The zero-order valence-corrected chi connectivity index (χ0v) is 14.7. The number of hydrogen-bond donors (Lipinski definition) is 1. The number of ether oxygens (including phenoxy) is 3. The van der Waals surface area contributed by atoms with Gasteiger partial charge in [0.15, 0.2) is 11.5 Å². The second kappa shape index (κ2) is 7.77. The molecule has 3 rings (SSSR count). The van der Waals surface area contributed by atoms with Crippen LogP contribution >= 0.6 is 0 Å². The molecule has 0 saturated heterocycles. The number of nitrogens with one attached hydrogen (secondary N) is 1. The Labute approximate surface area is 151 Å². The lowest BCUT2D eigenvalue weighted by Crippen LogP contribution is -2.37. The predicted molar refractivity (Wildman–Crippen MR) is 94.4 cm³/mol. The van der Waals surface area contributed by atoms with E-state index in [1.807, 2.05) is 24.3 Å². The third-order valence-electron chi connectivity index (χ3n) is 4.04. The Balaban J connectivity index is 1.51. The number of carbonyl (C=O) groups excluding carboxylic acids is 2. The summed E-state index contributed by atoms with van der Waals surface area (Å²) in [7, 11) is 3.30. The third kappa shape index (κ3) is 4.05. The average Bonchev–Trinajstić information content (AvgIpc) is 3.14. The molecule has 1 heterocycles. The highest BCUT2D eigenvalue weighted by Crippen LogP contribution is 2.32. The van der Waals surface area contributed by atoms with Gasteiger partial charge in [0, 0.05) is 19.2 Å². The predicted octanol–water partition coefficient (Wildman–Crippen LogP) is 1.81. The zero-order chi connectivity index (χ0) is 18.5. The molecule has 0 bridgehead atoms. The van der Waals surface area contributed by atoms with E-state index in [1.165, 1.54) is 0 Å². The molecule has 7 nitrogen and oxygen atoms in total. The minimum Gasteiger partial charge on any atom is -0.497 e. The van der Waals surface area contributed by atoms with Crippen molar-refractivity contribution < 1.29 is 23.8 Å². The van der Waals surface area contributed by atoms with Crippen LogP contribution in [0, 0.1) is 0 Å². The van der Waals surface area contributed by atoms with Gasteiger partial charge in [-0.3, -0.25) is 9.59 Å². The van der Waals surface area contributed by atoms with Gasteiger partial charge in [0.2, 0.25) is 12.7 Å². The lowest BCUT2D eigenvalue weighted by molar-refractivity contribution is -0.129. The molecule has 0 unspecified atom stereocenters. The summed E-state index contributed by atoms with van der Waals surface area (Å²) in [5.41, 5.74) is 1.39. The first kappa shape index (κ1) is 17.6. The van der Waals surface area contributed by atoms with Crippen LogP contribution < -0.4 is 19.5 Å². The molecule has 0 aliphatic carbocycles. The van der Waals surface area contributed by atoms with Crippen LogP contribution in [0.15, 0.2) is 42.5 Å². The number of rotatable bonds is 6. The first-order valence-electron chi connectivity index (χ1n) is 8.11. The van der Waals surface area contributed by atoms with Crippen molar-refractivity contribution in [1.29, 1.82) is 0 Å². The number of fused-ring (bicyclic) bond motifs is 1. The molecule has 0 atom stereocenters. The van der Waals surface area contributed by atoms with Gasteiger partial charge in [-0.25, -0.2) is 0 Å². The molecule has 1 aliphatic heterocycles. The maximum Gasteiger partial charge on any atom is 0.251 e. The van der Waals surface area contributed by atoms with E-state index in [1.54, 1.807) is 37.3 Å². The Hall–Kier alpha value is -3.22. The molecular formula is C19H20N2O5. The van der Waals surface area contributed by atoms with Crippen LogP contribution in [0.5, 0.6) is 17.2 Å². The van der Waals surface area contributed by atoms with Gasteiger partial charge in [0.1, 0.15) is 5.75 Å². The monoisotopic (exact) mass is 356 g/mol. The van der Waals surface area contributed by atoms with Crippen LogP contribution in [0.25, 0.3) is 0 Å². The van der Waals surface area contributed by atoms with Gasteiger partial charge < -0.3 is 24.4 Å². The zero-order valence-electron chi connectivity index (χ0n) is 14.7. The van der Waals surface area contributed by atoms with Gasteiger partial charge in [-0.05, 0) is 35.9 Å². The van der Waals surface area contributed by atoms with Crippen molar-refractivity contribution in [2.75, 3.05) is 27.5 Å². The van der Waals surface area contributed by atoms with Gasteiger partial charge in [0.05, 0.1) is 13.7 Å². The standard InChI is InChI=1S/C19H20N2O5/c1-21(11-13-3-6-15(24-2)7-4-13)18(22)10-20-19(23)14-5-8-16-17(9-14)26-12-25-16/h3-9H,10-12H2,1-2H3,(H,20,23). The molecule has 0 aromatic heterocycles. The second-order valence-electron chi connectivity index (χ2n) is 5.85. The quantitative estimate of drug-likeness (QED) is 0.854. The molecule has 2 aromatic rings. The van der Waals surface area contributed by atoms with E-state index >= 15 is 0 Å². The summed E-state index contributed by atoms with van der Waals surface area (Å²) in [5, 5.41) is 2.63. The maximum absolute atomic E-state index is 12.2. The number of amides is 2. The van der Waals surface area contributed by atoms with Crippen molar-refractivity contribution in [1.82, 2.24) is 10.2 Å². The highest BCUT2D eigenvalue weighted by Gasteiger charge is 2.17. The van der Waals surface area contributed by atoms with E-state index < -0.39 is 0 Å². The van der Waals surface area contributed by atoms with Crippen LogP contribution in [-0.4, -0.2) is 44.2 Å². The van der Waals surface area contributed by atoms with E-state index in [0.29, 0.717) is 23.6 Å². The first-order valence-corrected chi connectivity index (χ1v) is 8.11. The Bertz CT molecular complexity index is 804. The van der Waals surface area contributed by atoms with Crippen molar-refractivity contribution in [3.05, 3.63) is 53.6 Å². The minimum atomic E-state index is -0.338. The fourth-order valence-corrected chi connectivity index (χ4v) is 2.52. The number of likely N-dealkylation sites (N-methyl/N-ethyl adjacent to an activating group) is 1. The van der Waals surface area contributed by atoms with Gasteiger partial charge >= 0.3 is 0 Å². The molecule has 26 heavy (non-hydrogen) atoms. The molecule has 136 valence electrons. The number of carbonyl (C=O) groups is 2. The summed E-state index contributed by atoms with van der Waals surface area (Å²) < 4.78 is 15.6. The number of nitrogens with zero attached hydrogens (tertiary/aromatic N) is 1. The summed E-state index contributed by atoms with van der Waals surface area (Å²) in [4.78, 5) is 26.0. The highest BCUT2D eigenvalue weighted by atomic mass is 16.7. The van der Waals surface area contributed by atoms with Gasteiger partial charge in [-0.2, -0.15) is 0 Å². The lowest BCUT2D eigenvalue weighted by Gasteiger charge is -2.18. The third-order valence-corrected chi connectivity index (χ3v) is 4.04. The summed E-state index contributed by atoms with van der Waals surface area (Å²) in [6.07, 6.45) is 0. The number of benzene rings is 2. The van der Waals surface area contributed by atoms with E-state index in [-0.39, 0.29) is 25.2 Å². The van der Waals surface area contributed by atoms with Crippen molar-refractivity contribution in [2.45, 2.75) is 6.54 Å². The SMILES string of the molecule is COc1ccc(CN(C)C(=O)CNC(=O)c2ccc3c(c2)OCO3)cc1. The lowest BCUT2D eigenvalue weighted by atomic mass is 10.2. The molecule has 0 saturated carbocycles. The van der Waals surface area contributed by atoms with Crippen molar-refractivity contribution in [3.63, 3.8) is 0 Å². The number of hydrogen-bond acceptors (Lipinski definition) is 5. The fourth-order valence-electron chi connectivity index (χ4n) is 2.52. The summed E-state index contributed by atoms with van der Waals surface area (Å²) in [6.45, 7) is 0.512. The Kier molecular flexibility index (Phi) is 5.26. The molecular weight excluding hydrogens is 336 g/mol. The van der Waals surface area contributed by atoms with Crippen LogP contribution in [-0.2, 0) is 11.3 Å². The molecule has 0 radical (unpaired) electrons. The average molecular weight is 356 g/mol. The number of methoxy groups -OCH3 is 1. The molecule has 2 amide bonds. The van der Waals surface area contributed by atoms with Crippen LogP contribution in [0.1, 0.15) is 15.9 Å². The van der Waals surface area contributed by atoms with Crippen LogP contribution in [0.3, 0.4) is 0 Å². The molecule has 1 aliphatic rings. The summed E-state index contributed by atoms with van der Waals surface area (Å²) in [5.74, 6) is 1.38. The van der Waals surface area contributed by atoms with Gasteiger partial charge in [0.25, 0.3) is 5.91 Å². The molecule has 0 fully saturated rings. The minimum absolute atomic E-state index is 0.0834. The summed E-state index contributed by atoms with van der Waals surface area (Å²) >= 11 is 0. The van der Waals surface area contributed by atoms with Gasteiger partial charge in [-0.15, -0.1) is 0 Å². The smallest absolute Gasteiger partial charge is 0.251 e. The molecule has 2 aromatic carbocycles. The van der Waals surface area contributed by atoms with E-state index in [9.17, 15) is 9.59 Å². The molecule has 7 heteroatoms. The molecule has 0 spiro atoms. The first-order chi connectivity index (χ1) is 12.6. The topological polar surface area (TPSA) is 77.1 Å². The highest BCUT2D eigenvalue weighted by molar-refractivity contribution is 5.97.